The molecule has 0 spiro atoms. The van der Waals surface area contributed by atoms with Gasteiger partial charge in [0.05, 0.1) is 18.6 Å². The Bertz CT molecular complexity index is 145. The van der Waals surface area contributed by atoms with E-state index in [0.29, 0.717) is 13.0 Å². The summed E-state index contributed by atoms with van der Waals surface area (Å²) in [6.45, 7) is 3.75. The molecule has 1 rings (SSSR count). The van der Waals surface area contributed by atoms with E-state index in [1.54, 1.807) is 13.8 Å². The molecule has 0 aromatic rings. The van der Waals surface area contributed by atoms with Crippen LogP contribution in [-0.4, -0.2) is 23.3 Å². The van der Waals surface area contributed by atoms with Crippen LogP contribution in [0.15, 0.2) is 0 Å². The number of carbonyl (C=O) groups excluding carboxylic acids is 1. The zero-order valence-electron chi connectivity index (χ0n) is 6.26. The number of esters is 1. The average molecular weight is 144 g/mol. The van der Waals surface area contributed by atoms with Gasteiger partial charge in [0.2, 0.25) is 0 Å². The van der Waals surface area contributed by atoms with Gasteiger partial charge in [-0.1, -0.05) is 0 Å². The molecule has 58 valence electrons. The fourth-order valence-corrected chi connectivity index (χ4v) is 0.966. The number of ether oxygens (including phenoxy) is 1. The molecular formula is C7H12O3. The molecule has 1 heterocycles. The van der Waals surface area contributed by atoms with Crippen molar-refractivity contribution in [2.45, 2.75) is 25.9 Å². The molecule has 1 saturated heterocycles. The van der Waals surface area contributed by atoms with Gasteiger partial charge in [-0.25, -0.2) is 0 Å². The van der Waals surface area contributed by atoms with E-state index in [0.717, 1.165) is 0 Å². The SMILES string of the molecule is CC(C)(O)[C@H]1COC(=O)C1. The van der Waals surface area contributed by atoms with Gasteiger partial charge in [-0.3, -0.25) is 4.79 Å². The molecule has 1 N–H and O–H groups in total. The predicted molar refractivity (Wildman–Crippen MR) is 35.4 cm³/mol. The van der Waals surface area contributed by atoms with Crippen molar-refractivity contribution in [2.24, 2.45) is 5.92 Å². The van der Waals surface area contributed by atoms with Gasteiger partial charge in [0.15, 0.2) is 0 Å². The second-order valence-corrected chi connectivity index (χ2v) is 3.24. The minimum absolute atomic E-state index is 0.0278. The van der Waals surface area contributed by atoms with E-state index in [9.17, 15) is 9.90 Å². The molecule has 0 aromatic heterocycles. The molecule has 0 saturated carbocycles. The van der Waals surface area contributed by atoms with Gasteiger partial charge in [-0.2, -0.15) is 0 Å². The number of rotatable bonds is 1. The van der Waals surface area contributed by atoms with Crippen LogP contribution in [0.4, 0.5) is 0 Å². The molecule has 1 atom stereocenters. The smallest absolute Gasteiger partial charge is 0.306 e. The Kier molecular flexibility index (Phi) is 1.68. The van der Waals surface area contributed by atoms with Crippen molar-refractivity contribution < 1.29 is 14.6 Å². The van der Waals surface area contributed by atoms with Crippen LogP contribution >= 0.6 is 0 Å². The maximum atomic E-state index is 10.6. The lowest BCUT2D eigenvalue weighted by Gasteiger charge is -2.22. The Hall–Kier alpha value is -0.570. The molecule has 0 bridgehead atoms. The minimum atomic E-state index is -0.786. The van der Waals surface area contributed by atoms with Crippen molar-refractivity contribution in [2.75, 3.05) is 6.61 Å². The lowest BCUT2D eigenvalue weighted by molar-refractivity contribution is -0.137. The van der Waals surface area contributed by atoms with E-state index < -0.39 is 5.60 Å². The quantitative estimate of drug-likeness (QED) is 0.539. The first kappa shape index (κ1) is 7.54. The maximum Gasteiger partial charge on any atom is 0.306 e. The number of hydrogen-bond acceptors (Lipinski definition) is 3. The van der Waals surface area contributed by atoms with Crippen LogP contribution < -0.4 is 0 Å². The zero-order chi connectivity index (χ0) is 7.78. The van der Waals surface area contributed by atoms with Crippen LogP contribution in [0.5, 0.6) is 0 Å². The van der Waals surface area contributed by atoms with Gasteiger partial charge in [0, 0.05) is 5.92 Å². The number of carbonyl (C=O) groups is 1. The number of cyclic esters (lactones) is 1. The second kappa shape index (κ2) is 2.23. The van der Waals surface area contributed by atoms with Gasteiger partial charge < -0.3 is 9.84 Å². The molecule has 1 aliphatic heterocycles. The van der Waals surface area contributed by atoms with Crippen LogP contribution in [0.1, 0.15) is 20.3 Å². The third-order valence-corrected chi connectivity index (χ3v) is 1.86. The Balaban J connectivity index is 2.53. The zero-order valence-corrected chi connectivity index (χ0v) is 6.26. The summed E-state index contributed by atoms with van der Waals surface area (Å²) in [6.07, 6.45) is 0.351. The highest BCUT2D eigenvalue weighted by atomic mass is 16.5. The van der Waals surface area contributed by atoms with E-state index in [-0.39, 0.29) is 11.9 Å². The molecule has 0 radical (unpaired) electrons. The van der Waals surface area contributed by atoms with Gasteiger partial charge in [-0.05, 0) is 13.8 Å². The van der Waals surface area contributed by atoms with E-state index in [4.69, 9.17) is 4.74 Å². The van der Waals surface area contributed by atoms with Crippen LogP contribution in [0.2, 0.25) is 0 Å². The molecule has 10 heavy (non-hydrogen) atoms. The largest absolute Gasteiger partial charge is 0.465 e. The van der Waals surface area contributed by atoms with Crippen molar-refractivity contribution in [1.82, 2.24) is 0 Å². The lowest BCUT2D eigenvalue weighted by atomic mass is 9.91. The third-order valence-electron chi connectivity index (χ3n) is 1.86. The molecule has 3 heteroatoms. The molecule has 0 aliphatic carbocycles. The van der Waals surface area contributed by atoms with E-state index in [1.165, 1.54) is 0 Å². The summed E-state index contributed by atoms with van der Waals surface area (Å²) in [5.74, 6) is -0.230. The highest BCUT2D eigenvalue weighted by Gasteiger charge is 2.34. The average Bonchev–Trinajstić information content (AvgIpc) is 2.11. The summed E-state index contributed by atoms with van der Waals surface area (Å²) < 4.78 is 4.69. The van der Waals surface area contributed by atoms with Gasteiger partial charge in [-0.15, -0.1) is 0 Å². The topological polar surface area (TPSA) is 46.5 Å². The molecule has 0 amide bonds. The molecule has 3 nitrogen and oxygen atoms in total. The summed E-state index contributed by atoms with van der Waals surface area (Å²) >= 11 is 0. The summed E-state index contributed by atoms with van der Waals surface area (Å²) in [4.78, 5) is 10.6. The van der Waals surface area contributed by atoms with Crippen LogP contribution in [0.3, 0.4) is 0 Å². The predicted octanol–water partition coefficient (Wildman–Crippen LogP) is 0.320. The van der Waals surface area contributed by atoms with Crippen LogP contribution in [-0.2, 0) is 9.53 Å². The molecular weight excluding hydrogens is 132 g/mol. The Morgan fingerprint density at radius 1 is 1.70 bits per heavy atom. The highest BCUT2D eigenvalue weighted by molar-refractivity contribution is 5.71. The fourth-order valence-electron chi connectivity index (χ4n) is 0.966. The molecule has 0 unspecified atom stereocenters. The first-order valence-corrected chi connectivity index (χ1v) is 3.38. The van der Waals surface area contributed by atoms with E-state index >= 15 is 0 Å². The van der Waals surface area contributed by atoms with Crippen molar-refractivity contribution in [3.05, 3.63) is 0 Å². The Morgan fingerprint density at radius 2 is 2.30 bits per heavy atom. The number of aliphatic hydroxyl groups is 1. The summed E-state index contributed by atoms with van der Waals surface area (Å²) in [7, 11) is 0. The van der Waals surface area contributed by atoms with Gasteiger partial charge in [0.25, 0.3) is 0 Å². The lowest BCUT2D eigenvalue weighted by Crippen LogP contribution is -2.30. The highest BCUT2D eigenvalue weighted by Crippen LogP contribution is 2.25. The molecule has 1 aliphatic rings. The van der Waals surface area contributed by atoms with Gasteiger partial charge >= 0.3 is 5.97 Å². The molecule has 1 fully saturated rings. The monoisotopic (exact) mass is 144 g/mol. The first-order chi connectivity index (χ1) is 4.50. The Morgan fingerprint density at radius 3 is 2.50 bits per heavy atom. The summed E-state index contributed by atoms with van der Waals surface area (Å²) in [6, 6.07) is 0. The maximum absolute atomic E-state index is 10.6. The summed E-state index contributed by atoms with van der Waals surface area (Å²) in [5.41, 5.74) is -0.786. The first-order valence-electron chi connectivity index (χ1n) is 3.38. The van der Waals surface area contributed by atoms with E-state index in [2.05, 4.69) is 0 Å². The standard InChI is InChI=1S/C7H12O3/c1-7(2,9)5-3-6(8)10-4-5/h5,9H,3-4H2,1-2H3/t5-/m1/s1. The molecule has 0 aromatic carbocycles. The van der Waals surface area contributed by atoms with Gasteiger partial charge in [0.1, 0.15) is 0 Å². The van der Waals surface area contributed by atoms with E-state index in [1.807, 2.05) is 0 Å². The van der Waals surface area contributed by atoms with Crippen molar-refractivity contribution in [3.8, 4) is 0 Å². The van der Waals surface area contributed by atoms with Crippen molar-refractivity contribution in [1.29, 1.82) is 0 Å². The van der Waals surface area contributed by atoms with Crippen molar-refractivity contribution in [3.63, 3.8) is 0 Å². The third kappa shape index (κ3) is 1.48. The van der Waals surface area contributed by atoms with Crippen LogP contribution in [0, 0.1) is 5.92 Å². The van der Waals surface area contributed by atoms with Crippen LogP contribution in [0.25, 0.3) is 0 Å². The fraction of sp³-hybridized carbons (Fsp3) is 0.857. The second-order valence-electron chi connectivity index (χ2n) is 3.24. The Labute approximate surface area is 60.0 Å². The summed E-state index contributed by atoms with van der Waals surface area (Å²) in [5, 5.41) is 9.40. The number of hydrogen-bond donors (Lipinski definition) is 1. The normalized spacial score (nSPS) is 26.7. The minimum Gasteiger partial charge on any atom is -0.465 e. The van der Waals surface area contributed by atoms with Crippen molar-refractivity contribution >= 4 is 5.97 Å².